The SMILES string of the molecule is COc1ccc(Oc2ccc(S(=O)(=O)N3C(=O)N(CC4CCCC(CN)C4)C(=O)C3Cc3c[nH]c4ccccc34)cc2C#N)cc1. The molecule has 3 aromatic carbocycles. The summed E-state index contributed by atoms with van der Waals surface area (Å²) >= 11 is 0. The van der Waals surface area contributed by atoms with E-state index in [0.717, 1.165) is 41.5 Å². The normalized spacial score (nSPS) is 20.2. The highest BCUT2D eigenvalue weighted by Gasteiger charge is 2.52. The lowest BCUT2D eigenvalue weighted by molar-refractivity contribution is -0.128. The predicted octanol–water partition coefficient (Wildman–Crippen LogP) is 5.17. The number of carbonyl (C=O) groups is 2. The van der Waals surface area contributed by atoms with Crippen molar-refractivity contribution in [2.75, 3.05) is 20.2 Å². The third-order valence-corrected chi connectivity index (χ3v) is 10.7. The Kier molecular flexibility index (Phi) is 8.71. The number of benzene rings is 3. The molecular weight excluding hydrogens is 606 g/mol. The molecule has 2 aliphatic rings. The number of nitrogens with one attached hydrogen (secondary N) is 1. The van der Waals surface area contributed by atoms with Gasteiger partial charge in [0.2, 0.25) is 0 Å². The van der Waals surface area contributed by atoms with Gasteiger partial charge in [-0.05, 0) is 91.7 Å². The minimum Gasteiger partial charge on any atom is -0.497 e. The fourth-order valence-corrected chi connectivity index (χ4v) is 8.05. The van der Waals surface area contributed by atoms with Gasteiger partial charge in [-0.2, -0.15) is 5.26 Å². The van der Waals surface area contributed by atoms with Gasteiger partial charge in [0.15, 0.2) is 0 Å². The highest BCUT2D eigenvalue weighted by molar-refractivity contribution is 7.89. The monoisotopic (exact) mass is 641 g/mol. The number of para-hydroxylation sites is 1. The Hall–Kier alpha value is -4.86. The number of hydrogen-bond acceptors (Lipinski definition) is 8. The molecule has 1 saturated carbocycles. The Morgan fingerprint density at radius 2 is 1.76 bits per heavy atom. The van der Waals surface area contributed by atoms with Crippen LogP contribution in [0.25, 0.3) is 10.9 Å². The molecule has 1 aromatic heterocycles. The van der Waals surface area contributed by atoms with Crippen LogP contribution in [0.4, 0.5) is 4.79 Å². The van der Waals surface area contributed by atoms with Crippen LogP contribution in [0, 0.1) is 23.2 Å². The second-order valence-corrected chi connectivity index (χ2v) is 13.6. The van der Waals surface area contributed by atoms with Crippen LogP contribution in [-0.4, -0.2) is 60.8 Å². The number of fused-ring (bicyclic) bond motifs is 1. The maximum absolute atomic E-state index is 14.3. The highest BCUT2D eigenvalue weighted by atomic mass is 32.2. The molecule has 12 heteroatoms. The summed E-state index contributed by atoms with van der Waals surface area (Å²) in [5.41, 5.74) is 7.43. The molecule has 238 valence electrons. The molecule has 1 aliphatic heterocycles. The molecule has 1 aliphatic carbocycles. The van der Waals surface area contributed by atoms with E-state index in [9.17, 15) is 23.3 Å². The van der Waals surface area contributed by atoms with Gasteiger partial charge in [0.1, 0.15) is 29.4 Å². The number of amides is 3. The summed E-state index contributed by atoms with van der Waals surface area (Å²) in [5.74, 6) is 0.954. The summed E-state index contributed by atoms with van der Waals surface area (Å²) in [4.78, 5) is 32.0. The van der Waals surface area contributed by atoms with Crippen molar-refractivity contribution in [1.82, 2.24) is 14.2 Å². The van der Waals surface area contributed by atoms with E-state index in [-0.39, 0.29) is 35.1 Å². The van der Waals surface area contributed by atoms with E-state index in [1.165, 1.54) is 18.2 Å². The predicted molar refractivity (Wildman–Crippen MR) is 171 cm³/mol. The molecule has 11 nitrogen and oxygen atoms in total. The van der Waals surface area contributed by atoms with Crippen LogP contribution in [0.2, 0.25) is 0 Å². The average Bonchev–Trinajstić information content (AvgIpc) is 3.59. The van der Waals surface area contributed by atoms with Crippen molar-refractivity contribution in [2.24, 2.45) is 17.6 Å². The highest BCUT2D eigenvalue weighted by Crippen LogP contribution is 2.36. The van der Waals surface area contributed by atoms with E-state index in [2.05, 4.69) is 4.98 Å². The minimum atomic E-state index is -4.58. The second-order valence-electron chi connectivity index (χ2n) is 11.8. The van der Waals surface area contributed by atoms with Gasteiger partial charge in [0.05, 0.1) is 17.6 Å². The first-order valence-electron chi connectivity index (χ1n) is 15.2. The zero-order valence-corrected chi connectivity index (χ0v) is 26.2. The number of carbonyl (C=O) groups excluding carboxylic acids is 2. The van der Waals surface area contributed by atoms with E-state index >= 15 is 0 Å². The molecule has 46 heavy (non-hydrogen) atoms. The quantitative estimate of drug-likeness (QED) is 0.225. The molecule has 0 radical (unpaired) electrons. The van der Waals surface area contributed by atoms with Gasteiger partial charge < -0.3 is 20.2 Å². The zero-order valence-electron chi connectivity index (χ0n) is 25.4. The molecule has 3 atom stereocenters. The fourth-order valence-electron chi connectivity index (χ4n) is 6.51. The second kappa shape index (κ2) is 12.9. The number of methoxy groups -OCH3 is 1. The van der Waals surface area contributed by atoms with E-state index in [1.54, 1.807) is 37.6 Å². The number of nitrogens with zero attached hydrogens (tertiary/aromatic N) is 3. The summed E-state index contributed by atoms with van der Waals surface area (Å²) in [7, 11) is -3.04. The van der Waals surface area contributed by atoms with Gasteiger partial charge in [0, 0.05) is 30.1 Å². The molecule has 3 unspecified atom stereocenters. The van der Waals surface area contributed by atoms with Gasteiger partial charge in [-0.25, -0.2) is 17.5 Å². The van der Waals surface area contributed by atoms with Gasteiger partial charge >= 0.3 is 6.03 Å². The third kappa shape index (κ3) is 5.91. The molecule has 6 rings (SSSR count). The maximum atomic E-state index is 14.3. The summed E-state index contributed by atoms with van der Waals surface area (Å²) in [6.07, 6.45) is 5.26. The zero-order chi connectivity index (χ0) is 32.4. The van der Waals surface area contributed by atoms with Crippen molar-refractivity contribution in [3.05, 3.63) is 84.1 Å². The van der Waals surface area contributed by atoms with Crippen molar-refractivity contribution in [1.29, 1.82) is 5.26 Å². The number of H-pyrrole nitrogens is 1. The number of ether oxygens (including phenoxy) is 2. The molecular formula is C34H35N5O6S. The van der Waals surface area contributed by atoms with Crippen LogP contribution in [-0.2, 0) is 21.2 Å². The first-order valence-corrected chi connectivity index (χ1v) is 16.7. The van der Waals surface area contributed by atoms with Crippen LogP contribution in [0.5, 0.6) is 17.2 Å². The van der Waals surface area contributed by atoms with Crippen molar-refractivity contribution >= 4 is 32.9 Å². The van der Waals surface area contributed by atoms with Gasteiger partial charge in [-0.15, -0.1) is 0 Å². The number of urea groups is 1. The maximum Gasteiger partial charge on any atom is 0.341 e. The van der Waals surface area contributed by atoms with Gasteiger partial charge in [0.25, 0.3) is 15.9 Å². The van der Waals surface area contributed by atoms with E-state index in [4.69, 9.17) is 15.2 Å². The molecule has 2 heterocycles. The largest absolute Gasteiger partial charge is 0.497 e. The number of sulfonamides is 1. The molecule has 2 fully saturated rings. The van der Waals surface area contributed by atoms with Crippen molar-refractivity contribution in [3.8, 4) is 23.3 Å². The van der Waals surface area contributed by atoms with Gasteiger partial charge in [-0.3, -0.25) is 9.69 Å². The molecule has 0 spiro atoms. The molecule has 3 amide bonds. The van der Waals surface area contributed by atoms with E-state index < -0.39 is 28.0 Å². The molecule has 3 N–H and O–H groups in total. The lowest BCUT2D eigenvalue weighted by Crippen LogP contribution is -2.42. The summed E-state index contributed by atoms with van der Waals surface area (Å²) < 4.78 is 40.3. The molecule has 1 saturated heterocycles. The number of aromatic amines is 1. The Bertz CT molecular complexity index is 1920. The number of imide groups is 1. The summed E-state index contributed by atoms with van der Waals surface area (Å²) in [6.45, 7) is 0.657. The summed E-state index contributed by atoms with van der Waals surface area (Å²) in [5, 5.41) is 10.8. The van der Waals surface area contributed by atoms with Crippen LogP contribution in [0.15, 0.2) is 77.8 Å². The number of rotatable bonds is 10. The number of aromatic nitrogens is 1. The molecule has 4 aromatic rings. The lowest BCUT2D eigenvalue weighted by Gasteiger charge is -2.30. The number of nitriles is 1. The Morgan fingerprint density at radius 1 is 1.02 bits per heavy atom. The minimum absolute atomic E-state index is 0.00974. The lowest BCUT2D eigenvalue weighted by atomic mass is 9.81. The topological polar surface area (TPSA) is 159 Å². The van der Waals surface area contributed by atoms with Gasteiger partial charge in [-0.1, -0.05) is 24.6 Å². The van der Waals surface area contributed by atoms with Crippen molar-refractivity contribution in [3.63, 3.8) is 0 Å². The Balaban J connectivity index is 1.34. The van der Waals surface area contributed by atoms with Crippen LogP contribution >= 0.6 is 0 Å². The van der Waals surface area contributed by atoms with Crippen molar-refractivity contribution < 1.29 is 27.5 Å². The summed E-state index contributed by atoms with van der Waals surface area (Å²) in [6, 6.07) is 17.8. The van der Waals surface area contributed by atoms with E-state index in [1.807, 2.05) is 30.3 Å². The smallest absolute Gasteiger partial charge is 0.341 e. The molecule has 0 bridgehead atoms. The number of hydrogen-bond donors (Lipinski definition) is 2. The first kappa shape index (κ1) is 31.1. The number of nitrogens with two attached hydrogens (primary N) is 1. The Morgan fingerprint density at radius 3 is 2.50 bits per heavy atom. The third-order valence-electron chi connectivity index (χ3n) is 8.92. The standard InChI is InChI=1S/C34H35N5O6S/c1-44-26-9-11-27(12-10-26)45-32-14-13-28(16-24(32)19-36)46(42,43)39-31(17-25-20-37-30-8-3-2-7-29(25)30)33(40)38(34(39)41)21-23-6-4-5-22(15-23)18-35/h2-3,7-14,16,20,22-23,31,37H,4-6,15,17-18,21,35H2,1H3. The van der Waals surface area contributed by atoms with Crippen LogP contribution in [0.3, 0.4) is 0 Å². The van der Waals surface area contributed by atoms with Crippen molar-refractivity contribution in [2.45, 2.75) is 43.0 Å². The Labute approximate surface area is 267 Å². The van der Waals surface area contributed by atoms with Crippen LogP contribution < -0.4 is 15.2 Å². The first-order chi connectivity index (χ1) is 22.2. The average molecular weight is 642 g/mol. The fraction of sp³-hybridized carbons (Fsp3) is 0.324. The van der Waals surface area contributed by atoms with E-state index in [0.29, 0.717) is 33.8 Å². The van der Waals surface area contributed by atoms with Crippen LogP contribution in [0.1, 0.15) is 36.8 Å².